The van der Waals surface area contributed by atoms with Gasteiger partial charge in [-0.05, 0) is 60.5 Å². The minimum atomic E-state index is -3.60. The number of nitrogens with one attached hydrogen (secondary N) is 1. The molecule has 1 N–H and O–H groups in total. The Morgan fingerprint density at radius 2 is 1.83 bits per heavy atom. The van der Waals surface area contributed by atoms with Crippen LogP contribution < -0.4 is 9.47 Å². The minimum absolute atomic E-state index is 0.0301. The molecular weight excluding hydrogens is 512 g/mol. The number of halogens is 1. The van der Waals surface area contributed by atoms with Crippen LogP contribution in [0, 0.1) is 19.3 Å². The molecule has 0 aromatic heterocycles. The average molecular weight is 533 g/mol. The number of ether oxygens (including phenoxy) is 2. The summed E-state index contributed by atoms with van der Waals surface area (Å²) in [5, 5.41) is 13.6. The van der Waals surface area contributed by atoms with E-state index in [1.165, 1.54) is 6.08 Å². The molecule has 2 aliphatic rings. The zero-order valence-electron chi connectivity index (χ0n) is 19.0. The number of amidine groups is 2. The molecule has 2 aromatic carbocycles. The molecule has 0 atom stereocenters. The smallest absolute Gasteiger partial charge is 0.283 e. The Balaban J connectivity index is 1.44. The predicted molar refractivity (Wildman–Crippen MR) is 138 cm³/mol. The number of rotatable bonds is 6. The molecule has 12 heteroatoms. The first-order valence-corrected chi connectivity index (χ1v) is 13.4. The Morgan fingerprint density at radius 1 is 1.14 bits per heavy atom. The molecule has 0 radical (unpaired) electrons. The number of aliphatic imine (C=N–C) groups is 1. The number of amides is 1. The lowest BCUT2D eigenvalue weighted by molar-refractivity contribution is -0.114. The van der Waals surface area contributed by atoms with E-state index in [9.17, 15) is 13.2 Å². The third kappa shape index (κ3) is 5.42. The van der Waals surface area contributed by atoms with Crippen LogP contribution in [0.25, 0.3) is 6.08 Å². The summed E-state index contributed by atoms with van der Waals surface area (Å²) in [6, 6.07) is 10.9. The molecule has 0 spiro atoms. The Hall–Kier alpha value is -3.15. The lowest BCUT2D eigenvalue weighted by Gasteiger charge is -2.20. The largest absolute Gasteiger partial charge is 0.489 e. The lowest BCUT2D eigenvalue weighted by atomic mass is 10.1. The van der Waals surface area contributed by atoms with Gasteiger partial charge in [-0.3, -0.25) is 10.2 Å². The van der Waals surface area contributed by atoms with Crippen molar-refractivity contribution in [3.05, 3.63) is 63.7 Å². The van der Waals surface area contributed by atoms with Crippen LogP contribution in [0.4, 0.5) is 0 Å². The second-order valence-corrected chi connectivity index (χ2v) is 11.3. The second-order valence-electron chi connectivity index (χ2n) is 7.77. The third-order valence-electron chi connectivity index (χ3n) is 5.02. The molecular formula is C23H21ClN4O5S2. The van der Waals surface area contributed by atoms with Gasteiger partial charge in [-0.2, -0.15) is 10.0 Å². The van der Waals surface area contributed by atoms with Gasteiger partial charge in [0.05, 0.1) is 10.6 Å². The molecule has 0 saturated heterocycles. The molecule has 2 heterocycles. The predicted octanol–water partition coefficient (Wildman–Crippen LogP) is 4.04. The molecule has 2 aliphatic heterocycles. The number of benzene rings is 2. The maximum atomic E-state index is 12.5. The third-order valence-corrected chi connectivity index (χ3v) is 7.89. The zero-order chi connectivity index (χ0) is 25.3. The molecule has 0 bridgehead atoms. The number of hydrogen-bond acceptors (Lipinski definition) is 8. The number of hydrogen-bond donors (Lipinski definition) is 1. The Labute approximate surface area is 211 Å². The van der Waals surface area contributed by atoms with Crippen LogP contribution in [0.2, 0.25) is 5.02 Å². The maximum Gasteiger partial charge on any atom is 0.283 e. The number of fused-ring (bicyclic) bond motifs is 1. The Morgan fingerprint density at radius 3 is 2.49 bits per heavy atom. The number of aryl methyl sites for hydroxylation is 2. The van der Waals surface area contributed by atoms with Crippen molar-refractivity contribution in [2.45, 2.75) is 13.8 Å². The average Bonchev–Trinajstić information content (AvgIpc) is 3.22. The standard InChI is InChI=1S/C23H21ClN4O5S2/c1-13-5-4-6-14(2)19(13)33-10-9-32-18-8-7-15(12-17(18)24)11-16-20(25)28-22(26-21(16)29)34-23(27-28)35(3,30)31/h4-8,11-12,25H,9-10H2,1-3H3/b16-11+,25-20?. The van der Waals surface area contributed by atoms with Gasteiger partial charge in [0.25, 0.3) is 5.91 Å². The fourth-order valence-corrected chi connectivity index (χ4v) is 5.27. The van der Waals surface area contributed by atoms with Crippen molar-refractivity contribution in [3.63, 3.8) is 0 Å². The van der Waals surface area contributed by atoms with E-state index in [0.29, 0.717) is 22.9 Å². The molecule has 2 aromatic rings. The van der Waals surface area contributed by atoms with E-state index in [0.717, 1.165) is 39.9 Å². The topological polar surface area (TPSA) is 121 Å². The molecule has 0 saturated carbocycles. The number of carbonyl (C=O) groups excluding carboxylic acids is 1. The SMILES string of the molecule is Cc1cccc(C)c1OCCOc1ccc(/C=C2\C(=N)N3N=C(S(C)(=O)=O)SC3=NC2=O)cc1Cl. The van der Waals surface area contributed by atoms with Crippen molar-refractivity contribution >= 4 is 60.6 Å². The summed E-state index contributed by atoms with van der Waals surface area (Å²) in [5.41, 5.74) is 2.59. The first-order chi connectivity index (χ1) is 16.5. The minimum Gasteiger partial charge on any atom is -0.489 e. The van der Waals surface area contributed by atoms with E-state index in [1.54, 1.807) is 18.2 Å². The number of nitrogens with zero attached hydrogens (tertiary/aromatic N) is 3. The quantitative estimate of drug-likeness (QED) is 0.440. The van der Waals surface area contributed by atoms with E-state index in [-0.39, 0.29) is 27.6 Å². The summed E-state index contributed by atoms with van der Waals surface area (Å²) < 4.78 is 34.9. The number of carbonyl (C=O) groups is 1. The lowest BCUT2D eigenvalue weighted by Crippen LogP contribution is -2.35. The van der Waals surface area contributed by atoms with Gasteiger partial charge < -0.3 is 9.47 Å². The van der Waals surface area contributed by atoms with Crippen LogP contribution >= 0.6 is 23.4 Å². The number of sulfone groups is 1. The van der Waals surface area contributed by atoms with E-state index >= 15 is 0 Å². The van der Waals surface area contributed by atoms with Crippen molar-refractivity contribution < 1.29 is 22.7 Å². The van der Waals surface area contributed by atoms with Gasteiger partial charge >= 0.3 is 0 Å². The van der Waals surface area contributed by atoms with E-state index in [2.05, 4.69) is 10.1 Å². The van der Waals surface area contributed by atoms with Crippen molar-refractivity contribution in [1.82, 2.24) is 5.01 Å². The highest BCUT2D eigenvalue weighted by molar-refractivity contribution is 8.42. The van der Waals surface area contributed by atoms with Gasteiger partial charge in [-0.25, -0.2) is 8.42 Å². The van der Waals surface area contributed by atoms with Gasteiger partial charge in [-0.15, -0.1) is 5.10 Å². The molecule has 4 rings (SSSR count). The summed E-state index contributed by atoms with van der Waals surface area (Å²) in [6.45, 7) is 4.58. The first-order valence-electron chi connectivity index (χ1n) is 10.4. The maximum absolute atomic E-state index is 12.5. The van der Waals surface area contributed by atoms with Crippen molar-refractivity contribution in [3.8, 4) is 11.5 Å². The number of thioether (sulfide) groups is 1. The summed E-state index contributed by atoms with van der Waals surface area (Å²) >= 11 is 7.09. The molecule has 0 unspecified atom stereocenters. The summed E-state index contributed by atoms with van der Waals surface area (Å²) in [4.78, 5) is 16.4. The highest BCUT2D eigenvalue weighted by atomic mass is 35.5. The van der Waals surface area contributed by atoms with Crippen molar-refractivity contribution in [2.24, 2.45) is 10.1 Å². The van der Waals surface area contributed by atoms with Crippen molar-refractivity contribution in [2.75, 3.05) is 19.5 Å². The number of para-hydroxylation sites is 1. The van der Waals surface area contributed by atoms with Crippen molar-refractivity contribution in [1.29, 1.82) is 5.41 Å². The van der Waals surface area contributed by atoms with Gasteiger partial charge in [0.2, 0.25) is 19.4 Å². The summed E-state index contributed by atoms with van der Waals surface area (Å²) in [7, 11) is -3.60. The van der Waals surface area contributed by atoms with Gasteiger partial charge in [0, 0.05) is 6.26 Å². The summed E-state index contributed by atoms with van der Waals surface area (Å²) in [6.07, 6.45) is 2.45. The second kappa shape index (κ2) is 9.84. The monoisotopic (exact) mass is 532 g/mol. The van der Waals surface area contributed by atoms with E-state index in [1.807, 2.05) is 32.0 Å². The van der Waals surface area contributed by atoms with Crippen LogP contribution in [0.15, 0.2) is 52.1 Å². The summed E-state index contributed by atoms with van der Waals surface area (Å²) in [5.74, 6) is 0.339. The fraction of sp³-hybridized carbons (Fsp3) is 0.217. The van der Waals surface area contributed by atoms with Crippen LogP contribution in [-0.2, 0) is 14.6 Å². The van der Waals surface area contributed by atoms with Gasteiger partial charge in [0.15, 0.2) is 5.84 Å². The highest BCUT2D eigenvalue weighted by Gasteiger charge is 2.38. The van der Waals surface area contributed by atoms with Gasteiger partial charge in [0.1, 0.15) is 24.7 Å². The first kappa shape index (κ1) is 25.0. The van der Waals surface area contributed by atoms with Crippen LogP contribution in [0.1, 0.15) is 16.7 Å². The molecule has 182 valence electrons. The van der Waals surface area contributed by atoms with E-state index in [4.69, 9.17) is 26.5 Å². The molecule has 0 aliphatic carbocycles. The van der Waals surface area contributed by atoms with Crippen LogP contribution in [-0.4, -0.2) is 54.2 Å². The highest BCUT2D eigenvalue weighted by Crippen LogP contribution is 2.31. The Kier molecular flexibility index (Phi) is 7.02. The molecule has 0 fully saturated rings. The van der Waals surface area contributed by atoms with E-state index < -0.39 is 15.7 Å². The number of hydrazone groups is 1. The molecule has 35 heavy (non-hydrogen) atoms. The van der Waals surface area contributed by atoms with Crippen LogP contribution in [0.5, 0.6) is 11.5 Å². The van der Waals surface area contributed by atoms with Crippen LogP contribution in [0.3, 0.4) is 0 Å². The molecule has 1 amide bonds. The zero-order valence-corrected chi connectivity index (χ0v) is 21.4. The fourth-order valence-electron chi connectivity index (χ4n) is 3.34. The normalized spacial score (nSPS) is 16.8. The van der Waals surface area contributed by atoms with Gasteiger partial charge in [-0.1, -0.05) is 35.9 Å². The Bertz CT molecular complexity index is 1410. The molecule has 9 nitrogen and oxygen atoms in total.